The summed E-state index contributed by atoms with van der Waals surface area (Å²) in [7, 11) is 0. The van der Waals surface area contributed by atoms with E-state index in [4.69, 9.17) is 0 Å². The first-order chi connectivity index (χ1) is 7.48. The third-order valence-corrected chi connectivity index (χ3v) is 5.28. The van der Waals surface area contributed by atoms with Gasteiger partial charge in [-0.05, 0) is 41.5 Å². The minimum atomic E-state index is 0.325. The molecule has 0 bridgehead atoms. The molecule has 1 N–H and O–H groups in total. The standard InChI is InChI=1S/C16H33N/c1-14(2,3)12-10-9-11-17-13(12)16(7,8)15(4,5)6/h12-13,17H,9-11H2,1-8H3. The van der Waals surface area contributed by atoms with E-state index in [2.05, 4.69) is 60.7 Å². The number of piperidine rings is 1. The molecule has 1 aliphatic rings. The van der Waals surface area contributed by atoms with Crippen molar-refractivity contribution in [2.24, 2.45) is 22.2 Å². The Kier molecular flexibility index (Phi) is 4.04. The van der Waals surface area contributed by atoms with Gasteiger partial charge in [-0.3, -0.25) is 0 Å². The van der Waals surface area contributed by atoms with E-state index in [0.717, 1.165) is 5.92 Å². The lowest BCUT2D eigenvalue weighted by molar-refractivity contribution is -0.00335. The molecule has 1 fully saturated rings. The molecule has 0 aliphatic carbocycles. The highest BCUT2D eigenvalue weighted by atomic mass is 15.0. The Morgan fingerprint density at radius 2 is 1.41 bits per heavy atom. The molecule has 0 radical (unpaired) electrons. The zero-order valence-electron chi connectivity index (χ0n) is 13.3. The molecular weight excluding hydrogens is 206 g/mol. The van der Waals surface area contributed by atoms with Gasteiger partial charge < -0.3 is 5.32 Å². The minimum Gasteiger partial charge on any atom is -0.313 e. The number of hydrogen-bond donors (Lipinski definition) is 1. The van der Waals surface area contributed by atoms with Gasteiger partial charge in [0.05, 0.1) is 0 Å². The van der Waals surface area contributed by atoms with Gasteiger partial charge in [0.1, 0.15) is 0 Å². The van der Waals surface area contributed by atoms with E-state index >= 15 is 0 Å². The number of rotatable bonds is 1. The van der Waals surface area contributed by atoms with Crippen molar-refractivity contribution in [1.29, 1.82) is 0 Å². The van der Waals surface area contributed by atoms with Crippen LogP contribution in [0.15, 0.2) is 0 Å². The van der Waals surface area contributed by atoms with Crippen LogP contribution in [-0.2, 0) is 0 Å². The van der Waals surface area contributed by atoms with Crippen molar-refractivity contribution in [1.82, 2.24) is 5.32 Å². The Morgan fingerprint density at radius 3 is 1.82 bits per heavy atom. The average Bonchev–Trinajstić information content (AvgIpc) is 2.14. The van der Waals surface area contributed by atoms with Gasteiger partial charge in [0.25, 0.3) is 0 Å². The van der Waals surface area contributed by atoms with E-state index < -0.39 is 0 Å². The van der Waals surface area contributed by atoms with Crippen LogP contribution in [0.25, 0.3) is 0 Å². The molecule has 1 heteroatoms. The second-order valence-corrected chi connectivity index (χ2v) is 8.52. The van der Waals surface area contributed by atoms with Gasteiger partial charge in [-0.1, -0.05) is 55.4 Å². The Bertz CT molecular complexity index is 252. The number of nitrogens with one attached hydrogen (secondary N) is 1. The van der Waals surface area contributed by atoms with Crippen molar-refractivity contribution in [3.8, 4) is 0 Å². The van der Waals surface area contributed by atoms with Crippen molar-refractivity contribution in [2.45, 2.75) is 74.3 Å². The summed E-state index contributed by atoms with van der Waals surface area (Å²) in [5.41, 5.74) is 1.07. The first-order valence-corrected chi connectivity index (χ1v) is 7.21. The van der Waals surface area contributed by atoms with Crippen LogP contribution in [0.2, 0.25) is 0 Å². The third-order valence-electron chi connectivity index (χ3n) is 5.28. The molecule has 1 nitrogen and oxygen atoms in total. The van der Waals surface area contributed by atoms with E-state index in [9.17, 15) is 0 Å². The van der Waals surface area contributed by atoms with Crippen LogP contribution in [0.5, 0.6) is 0 Å². The van der Waals surface area contributed by atoms with Gasteiger partial charge in [0, 0.05) is 6.04 Å². The topological polar surface area (TPSA) is 12.0 Å². The predicted octanol–water partition coefficient (Wildman–Crippen LogP) is 4.47. The largest absolute Gasteiger partial charge is 0.313 e. The van der Waals surface area contributed by atoms with Crippen molar-refractivity contribution in [3.63, 3.8) is 0 Å². The van der Waals surface area contributed by atoms with E-state index in [1.54, 1.807) is 0 Å². The van der Waals surface area contributed by atoms with E-state index in [1.807, 2.05) is 0 Å². The minimum absolute atomic E-state index is 0.325. The molecule has 1 rings (SSSR count). The third kappa shape index (κ3) is 3.05. The lowest BCUT2D eigenvalue weighted by Crippen LogP contribution is -2.57. The second-order valence-electron chi connectivity index (χ2n) is 8.52. The molecule has 1 heterocycles. The smallest absolute Gasteiger partial charge is 0.0156 e. The molecule has 1 aliphatic heterocycles. The first kappa shape index (κ1) is 15.0. The molecule has 2 atom stereocenters. The Balaban J connectivity index is 3.00. The molecule has 1 saturated heterocycles. The van der Waals surface area contributed by atoms with Crippen LogP contribution in [-0.4, -0.2) is 12.6 Å². The molecule has 0 spiro atoms. The van der Waals surface area contributed by atoms with Gasteiger partial charge >= 0.3 is 0 Å². The predicted molar refractivity (Wildman–Crippen MR) is 77.2 cm³/mol. The lowest BCUT2D eigenvalue weighted by atomic mass is 9.57. The van der Waals surface area contributed by atoms with Crippen molar-refractivity contribution < 1.29 is 0 Å². The molecule has 102 valence electrons. The summed E-state index contributed by atoms with van der Waals surface area (Å²) < 4.78 is 0. The summed E-state index contributed by atoms with van der Waals surface area (Å²) in [6.45, 7) is 20.4. The SMILES string of the molecule is CC(C)(C)C1CCCNC1C(C)(C)C(C)(C)C. The maximum atomic E-state index is 3.82. The maximum Gasteiger partial charge on any atom is 0.0156 e. The molecule has 2 unspecified atom stereocenters. The average molecular weight is 239 g/mol. The van der Waals surface area contributed by atoms with Gasteiger partial charge in [0.2, 0.25) is 0 Å². The Hall–Kier alpha value is -0.0400. The van der Waals surface area contributed by atoms with Crippen LogP contribution in [0.3, 0.4) is 0 Å². The van der Waals surface area contributed by atoms with E-state index in [1.165, 1.54) is 19.4 Å². The highest BCUT2D eigenvalue weighted by molar-refractivity contribution is 5.00. The van der Waals surface area contributed by atoms with Crippen molar-refractivity contribution in [2.75, 3.05) is 6.54 Å². The zero-order chi connectivity index (χ0) is 13.5. The second kappa shape index (κ2) is 4.57. The van der Waals surface area contributed by atoms with Crippen molar-refractivity contribution in [3.05, 3.63) is 0 Å². The quantitative estimate of drug-likeness (QED) is 0.712. The molecule has 17 heavy (non-hydrogen) atoms. The Morgan fingerprint density at radius 1 is 0.882 bits per heavy atom. The monoisotopic (exact) mass is 239 g/mol. The van der Waals surface area contributed by atoms with Crippen LogP contribution in [0, 0.1) is 22.2 Å². The molecule has 0 amide bonds. The van der Waals surface area contributed by atoms with E-state index in [-0.39, 0.29) is 0 Å². The van der Waals surface area contributed by atoms with Crippen molar-refractivity contribution >= 4 is 0 Å². The highest BCUT2D eigenvalue weighted by Crippen LogP contribution is 2.48. The van der Waals surface area contributed by atoms with Gasteiger partial charge in [-0.25, -0.2) is 0 Å². The fourth-order valence-corrected chi connectivity index (χ4v) is 3.05. The molecule has 0 aromatic rings. The summed E-state index contributed by atoms with van der Waals surface area (Å²) in [6.07, 6.45) is 2.71. The molecule has 0 aromatic carbocycles. The summed E-state index contributed by atoms with van der Waals surface area (Å²) in [5, 5.41) is 3.82. The zero-order valence-corrected chi connectivity index (χ0v) is 13.3. The van der Waals surface area contributed by atoms with Gasteiger partial charge in [0.15, 0.2) is 0 Å². The van der Waals surface area contributed by atoms with Gasteiger partial charge in [-0.2, -0.15) is 0 Å². The molecular formula is C16H33N. The molecule has 0 aromatic heterocycles. The van der Waals surface area contributed by atoms with Gasteiger partial charge in [-0.15, -0.1) is 0 Å². The summed E-state index contributed by atoms with van der Waals surface area (Å²) in [4.78, 5) is 0. The summed E-state index contributed by atoms with van der Waals surface area (Å²) in [5.74, 6) is 0.783. The van der Waals surface area contributed by atoms with Crippen LogP contribution < -0.4 is 5.32 Å². The normalized spacial score (nSPS) is 28.2. The first-order valence-electron chi connectivity index (χ1n) is 7.21. The Labute approximate surface area is 109 Å². The maximum absolute atomic E-state index is 3.82. The van der Waals surface area contributed by atoms with Crippen LogP contribution >= 0.6 is 0 Å². The number of hydrogen-bond acceptors (Lipinski definition) is 1. The highest BCUT2D eigenvalue weighted by Gasteiger charge is 2.47. The fraction of sp³-hybridized carbons (Fsp3) is 1.00. The summed E-state index contributed by atoms with van der Waals surface area (Å²) in [6, 6.07) is 0.635. The molecule has 0 saturated carbocycles. The fourth-order valence-electron chi connectivity index (χ4n) is 3.05. The lowest BCUT2D eigenvalue weighted by Gasteiger charge is -2.53. The van der Waals surface area contributed by atoms with Crippen LogP contribution in [0.4, 0.5) is 0 Å². The van der Waals surface area contributed by atoms with Crippen LogP contribution in [0.1, 0.15) is 68.2 Å². The van der Waals surface area contributed by atoms with E-state index in [0.29, 0.717) is 22.3 Å². The summed E-state index contributed by atoms with van der Waals surface area (Å²) >= 11 is 0.